The lowest BCUT2D eigenvalue weighted by Crippen LogP contribution is -2.02. The Kier molecular flexibility index (Phi) is 5.91. The number of benzene rings is 2. The molecule has 0 aliphatic carbocycles. The van der Waals surface area contributed by atoms with E-state index >= 15 is 0 Å². The largest absolute Gasteiger partial charge is 0.496 e. The second-order valence-corrected chi connectivity index (χ2v) is 6.77. The van der Waals surface area contributed by atoms with Crippen molar-refractivity contribution in [1.29, 1.82) is 0 Å². The Labute approximate surface area is 166 Å². The Balaban J connectivity index is 2.01. The molecule has 0 saturated heterocycles. The van der Waals surface area contributed by atoms with Gasteiger partial charge >= 0.3 is 5.97 Å². The lowest BCUT2D eigenvalue weighted by atomic mass is 10.0. The molecule has 5 nitrogen and oxygen atoms in total. The third-order valence-electron chi connectivity index (χ3n) is 4.18. The van der Waals surface area contributed by atoms with Gasteiger partial charge in [0.25, 0.3) is 0 Å². The van der Waals surface area contributed by atoms with E-state index < -0.39 is 5.97 Å². The summed E-state index contributed by atoms with van der Waals surface area (Å²) in [5, 5.41) is 11.2. The maximum Gasteiger partial charge on any atom is 0.335 e. The van der Waals surface area contributed by atoms with Crippen LogP contribution in [0.25, 0.3) is 16.5 Å². The van der Waals surface area contributed by atoms with Crippen LogP contribution in [0.2, 0.25) is 0 Å². The molecule has 1 aromatic heterocycles. The van der Waals surface area contributed by atoms with Gasteiger partial charge in [0.05, 0.1) is 19.8 Å². The topological polar surface area (TPSA) is 72.8 Å². The van der Waals surface area contributed by atoms with Crippen LogP contribution in [0.3, 0.4) is 0 Å². The maximum absolute atomic E-state index is 12.8. The fraction of sp³-hybridized carbons (Fsp3) is 0.0909. The standard InChI is InChI=1S/C22H18O5S/c1-26-18-5-3-6-19(27-2)21(18)17(23)11-10-14-8-9-15(22(24)25)13-16(14)20-7-4-12-28-20/h3-13H,1-2H3,(H,24,25). The first kappa shape index (κ1) is 19.4. The zero-order chi connectivity index (χ0) is 20.1. The molecule has 1 N–H and O–H groups in total. The summed E-state index contributed by atoms with van der Waals surface area (Å²) in [6, 6.07) is 13.8. The van der Waals surface area contributed by atoms with Gasteiger partial charge in [-0.1, -0.05) is 24.3 Å². The molecule has 6 heteroatoms. The molecule has 0 fully saturated rings. The van der Waals surface area contributed by atoms with Crippen LogP contribution in [0.15, 0.2) is 60.0 Å². The van der Waals surface area contributed by atoms with Crippen molar-refractivity contribution in [1.82, 2.24) is 0 Å². The average Bonchev–Trinajstić information content (AvgIpc) is 3.25. The predicted molar refractivity (Wildman–Crippen MR) is 110 cm³/mol. The number of hydrogen-bond donors (Lipinski definition) is 1. The normalized spacial score (nSPS) is 10.8. The smallest absolute Gasteiger partial charge is 0.335 e. The lowest BCUT2D eigenvalue weighted by Gasteiger charge is -2.10. The van der Waals surface area contributed by atoms with Crippen molar-refractivity contribution in [2.75, 3.05) is 14.2 Å². The summed E-state index contributed by atoms with van der Waals surface area (Å²) in [5.74, 6) is -0.417. The lowest BCUT2D eigenvalue weighted by molar-refractivity contribution is 0.0696. The highest BCUT2D eigenvalue weighted by molar-refractivity contribution is 7.13. The summed E-state index contributed by atoms with van der Waals surface area (Å²) in [6.07, 6.45) is 3.11. The Morgan fingerprint density at radius 3 is 2.29 bits per heavy atom. The number of ether oxygens (including phenoxy) is 2. The molecule has 0 spiro atoms. The van der Waals surface area contributed by atoms with Crippen LogP contribution in [-0.2, 0) is 0 Å². The molecule has 142 valence electrons. The number of carboxylic acids is 1. The molecule has 0 aliphatic heterocycles. The summed E-state index contributed by atoms with van der Waals surface area (Å²) in [6.45, 7) is 0. The fourth-order valence-corrected chi connectivity index (χ4v) is 3.59. The highest BCUT2D eigenvalue weighted by atomic mass is 32.1. The molecule has 28 heavy (non-hydrogen) atoms. The van der Waals surface area contributed by atoms with E-state index in [-0.39, 0.29) is 11.3 Å². The second kappa shape index (κ2) is 8.54. The molecule has 0 aliphatic rings. The zero-order valence-electron chi connectivity index (χ0n) is 15.3. The second-order valence-electron chi connectivity index (χ2n) is 5.82. The summed E-state index contributed by atoms with van der Waals surface area (Å²) in [4.78, 5) is 25.1. The minimum atomic E-state index is -0.997. The zero-order valence-corrected chi connectivity index (χ0v) is 16.2. The van der Waals surface area contributed by atoms with Gasteiger partial charge in [-0.2, -0.15) is 0 Å². The number of thiophene rings is 1. The Bertz CT molecular complexity index is 1010. The van der Waals surface area contributed by atoms with Crippen molar-refractivity contribution in [2.24, 2.45) is 0 Å². The first-order valence-electron chi connectivity index (χ1n) is 8.39. The molecule has 2 aromatic carbocycles. The van der Waals surface area contributed by atoms with Crippen LogP contribution in [0.1, 0.15) is 26.3 Å². The van der Waals surface area contributed by atoms with Crippen molar-refractivity contribution in [2.45, 2.75) is 0 Å². The predicted octanol–water partition coefficient (Wildman–Crippen LogP) is 5.03. The Morgan fingerprint density at radius 1 is 1.00 bits per heavy atom. The third kappa shape index (κ3) is 3.97. The van der Waals surface area contributed by atoms with E-state index in [9.17, 15) is 14.7 Å². The van der Waals surface area contributed by atoms with Crippen LogP contribution in [0.4, 0.5) is 0 Å². The molecular weight excluding hydrogens is 376 g/mol. The number of hydrogen-bond acceptors (Lipinski definition) is 5. The molecule has 0 unspecified atom stereocenters. The number of carbonyl (C=O) groups excluding carboxylic acids is 1. The molecule has 0 radical (unpaired) electrons. The summed E-state index contributed by atoms with van der Waals surface area (Å²) >= 11 is 1.50. The first-order chi connectivity index (χ1) is 13.5. The van der Waals surface area contributed by atoms with Crippen LogP contribution in [0.5, 0.6) is 11.5 Å². The van der Waals surface area contributed by atoms with Crippen molar-refractivity contribution in [3.8, 4) is 21.9 Å². The third-order valence-corrected chi connectivity index (χ3v) is 5.08. The first-order valence-corrected chi connectivity index (χ1v) is 9.27. The van der Waals surface area contributed by atoms with E-state index in [0.717, 1.165) is 16.0 Å². The van der Waals surface area contributed by atoms with E-state index in [2.05, 4.69) is 0 Å². The van der Waals surface area contributed by atoms with Crippen LogP contribution < -0.4 is 9.47 Å². The molecule has 0 bridgehead atoms. The highest BCUT2D eigenvalue weighted by Gasteiger charge is 2.16. The number of carbonyl (C=O) groups is 2. The highest BCUT2D eigenvalue weighted by Crippen LogP contribution is 2.32. The average molecular weight is 394 g/mol. The molecule has 3 aromatic rings. The van der Waals surface area contributed by atoms with Gasteiger partial charge < -0.3 is 14.6 Å². The molecule has 1 heterocycles. The van der Waals surface area contributed by atoms with Crippen LogP contribution in [0, 0.1) is 0 Å². The van der Waals surface area contributed by atoms with Gasteiger partial charge in [-0.05, 0) is 52.9 Å². The Morgan fingerprint density at radius 2 is 1.71 bits per heavy atom. The summed E-state index contributed by atoms with van der Waals surface area (Å²) < 4.78 is 10.6. The minimum absolute atomic E-state index is 0.193. The fourth-order valence-electron chi connectivity index (χ4n) is 2.82. The van der Waals surface area contributed by atoms with Gasteiger partial charge in [0.1, 0.15) is 17.1 Å². The molecule has 0 amide bonds. The Hall–Kier alpha value is -3.38. The molecule has 0 atom stereocenters. The number of rotatable bonds is 7. The van der Waals surface area contributed by atoms with E-state index in [1.807, 2.05) is 17.5 Å². The van der Waals surface area contributed by atoms with Gasteiger partial charge in [0.15, 0.2) is 5.78 Å². The van der Waals surface area contributed by atoms with Gasteiger partial charge in [-0.25, -0.2) is 4.79 Å². The van der Waals surface area contributed by atoms with Gasteiger partial charge in [0, 0.05) is 4.88 Å². The SMILES string of the molecule is COc1cccc(OC)c1C(=O)C=Cc1ccc(C(=O)O)cc1-c1cccs1. The molecule has 0 saturated carbocycles. The number of methoxy groups -OCH3 is 2. The molecular formula is C22H18O5S. The van der Waals surface area contributed by atoms with Crippen LogP contribution in [-0.4, -0.2) is 31.1 Å². The van der Waals surface area contributed by atoms with E-state index in [1.54, 1.807) is 36.4 Å². The van der Waals surface area contributed by atoms with E-state index in [4.69, 9.17) is 9.47 Å². The number of allylic oxidation sites excluding steroid dienone is 1. The van der Waals surface area contributed by atoms with Gasteiger partial charge in [-0.3, -0.25) is 4.79 Å². The summed E-state index contributed by atoms with van der Waals surface area (Å²) in [5.41, 5.74) is 2.03. The molecule has 3 rings (SSSR count). The quantitative estimate of drug-likeness (QED) is 0.450. The number of ketones is 1. The van der Waals surface area contributed by atoms with E-state index in [1.165, 1.54) is 37.7 Å². The van der Waals surface area contributed by atoms with Crippen molar-refractivity contribution in [3.63, 3.8) is 0 Å². The van der Waals surface area contributed by atoms with E-state index in [0.29, 0.717) is 17.1 Å². The number of aromatic carboxylic acids is 1. The van der Waals surface area contributed by atoms with Crippen molar-refractivity contribution >= 4 is 29.2 Å². The number of carboxylic acid groups (broad SMARTS) is 1. The van der Waals surface area contributed by atoms with Gasteiger partial charge in [-0.15, -0.1) is 11.3 Å². The maximum atomic E-state index is 12.8. The van der Waals surface area contributed by atoms with Crippen molar-refractivity contribution < 1.29 is 24.2 Å². The minimum Gasteiger partial charge on any atom is -0.496 e. The van der Waals surface area contributed by atoms with Crippen LogP contribution >= 0.6 is 11.3 Å². The van der Waals surface area contributed by atoms with Gasteiger partial charge in [0.2, 0.25) is 0 Å². The monoisotopic (exact) mass is 394 g/mol. The summed E-state index contributed by atoms with van der Waals surface area (Å²) in [7, 11) is 2.99. The van der Waals surface area contributed by atoms with Crippen molar-refractivity contribution in [3.05, 3.63) is 76.7 Å².